The van der Waals surface area contributed by atoms with E-state index in [0.29, 0.717) is 19.3 Å². The third-order valence-electron chi connectivity index (χ3n) is 4.08. The Hall–Kier alpha value is -1.43. The Balaban J connectivity index is 1.87. The summed E-state index contributed by atoms with van der Waals surface area (Å²) in [4.78, 5) is 15.4. The molecule has 3 aliphatic carbocycles. The maximum Gasteiger partial charge on any atom is 0.311 e. The summed E-state index contributed by atoms with van der Waals surface area (Å²) in [7, 11) is -2.10. The molecule has 0 aliphatic heterocycles. The van der Waals surface area contributed by atoms with Crippen molar-refractivity contribution in [2.45, 2.75) is 29.0 Å². The molecule has 3 fully saturated rings. The van der Waals surface area contributed by atoms with Crippen LogP contribution in [0.15, 0.2) is 29.4 Å². The van der Waals surface area contributed by atoms with Gasteiger partial charge in [-0.1, -0.05) is 6.07 Å². The summed E-state index contributed by atoms with van der Waals surface area (Å²) in [5, 5.41) is 0.100. The zero-order valence-corrected chi connectivity index (χ0v) is 10.7. The van der Waals surface area contributed by atoms with Crippen LogP contribution in [-0.2, 0) is 19.4 Å². The number of methoxy groups -OCH3 is 1. The van der Waals surface area contributed by atoms with E-state index in [1.165, 1.54) is 19.4 Å². The molecule has 1 heterocycles. The number of hydrogen-bond donors (Lipinski definition) is 0. The van der Waals surface area contributed by atoms with Gasteiger partial charge in [-0.05, 0) is 31.4 Å². The lowest BCUT2D eigenvalue weighted by atomic mass is 9.43. The number of esters is 1. The second-order valence-corrected chi connectivity index (χ2v) is 7.45. The van der Waals surface area contributed by atoms with Gasteiger partial charge in [0.2, 0.25) is 9.84 Å². The van der Waals surface area contributed by atoms with Crippen LogP contribution < -0.4 is 0 Å². The van der Waals surface area contributed by atoms with E-state index in [4.69, 9.17) is 4.74 Å². The molecule has 0 N–H and O–H groups in total. The number of aromatic nitrogens is 1. The fraction of sp³-hybridized carbons (Fsp3) is 0.500. The Bertz CT molecular complexity index is 588. The van der Waals surface area contributed by atoms with Crippen LogP contribution in [0.4, 0.5) is 0 Å². The number of carbonyl (C=O) groups is 1. The summed E-state index contributed by atoms with van der Waals surface area (Å²) in [5.74, 6) is -0.291. The van der Waals surface area contributed by atoms with Crippen LogP contribution in [0, 0.1) is 5.41 Å². The molecule has 2 bridgehead atoms. The lowest BCUT2D eigenvalue weighted by Crippen LogP contribution is -2.73. The fourth-order valence-electron chi connectivity index (χ4n) is 3.14. The molecule has 0 unspecified atom stereocenters. The van der Waals surface area contributed by atoms with Gasteiger partial charge in [0.05, 0.1) is 17.3 Å². The summed E-state index contributed by atoms with van der Waals surface area (Å²) in [6.07, 6.45) is 2.57. The molecule has 3 aliphatic rings. The maximum atomic E-state index is 12.4. The van der Waals surface area contributed by atoms with Crippen molar-refractivity contribution in [3.63, 3.8) is 0 Å². The summed E-state index contributed by atoms with van der Waals surface area (Å²) in [6.45, 7) is 0. The summed E-state index contributed by atoms with van der Waals surface area (Å²) in [5.41, 5.74) is -0.545. The first-order chi connectivity index (χ1) is 8.46. The zero-order valence-electron chi connectivity index (χ0n) is 9.92. The Kier molecular flexibility index (Phi) is 2.15. The number of nitrogens with zero attached hydrogens (tertiary/aromatic N) is 1. The van der Waals surface area contributed by atoms with Crippen molar-refractivity contribution in [3.05, 3.63) is 24.4 Å². The topological polar surface area (TPSA) is 73.3 Å². The van der Waals surface area contributed by atoms with Crippen LogP contribution in [0.5, 0.6) is 0 Å². The molecule has 5 nitrogen and oxygen atoms in total. The molecule has 1 aromatic heterocycles. The highest BCUT2D eigenvalue weighted by atomic mass is 32.2. The van der Waals surface area contributed by atoms with Gasteiger partial charge in [0, 0.05) is 6.20 Å². The predicted molar refractivity (Wildman–Crippen MR) is 62.5 cm³/mol. The number of carbonyl (C=O) groups excluding carboxylic acids is 1. The van der Waals surface area contributed by atoms with Crippen LogP contribution in [0.25, 0.3) is 0 Å². The van der Waals surface area contributed by atoms with E-state index in [0.717, 1.165) is 0 Å². The number of hydrogen-bond acceptors (Lipinski definition) is 5. The summed E-state index contributed by atoms with van der Waals surface area (Å²) >= 11 is 0. The van der Waals surface area contributed by atoms with Crippen LogP contribution in [-0.4, -0.2) is 31.2 Å². The number of rotatable bonds is 3. The number of ether oxygens (including phenoxy) is 1. The first kappa shape index (κ1) is 11.6. The van der Waals surface area contributed by atoms with Gasteiger partial charge >= 0.3 is 5.97 Å². The fourth-order valence-corrected chi connectivity index (χ4v) is 5.44. The van der Waals surface area contributed by atoms with E-state index in [1.807, 2.05) is 0 Å². The average Bonchev–Trinajstić information content (AvgIpc) is 2.26. The number of pyridine rings is 1. The van der Waals surface area contributed by atoms with Crippen molar-refractivity contribution in [1.82, 2.24) is 4.98 Å². The van der Waals surface area contributed by atoms with Crippen LogP contribution >= 0.6 is 0 Å². The molecule has 0 atom stereocenters. The van der Waals surface area contributed by atoms with E-state index in [9.17, 15) is 13.2 Å². The van der Waals surface area contributed by atoms with Gasteiger partial charge < -0.3 is 4.74 Å². The minimum absolute atomic E-state index is 0.100. The summed E-state index contributed by atoms with van der Waals surface area (Å²) in [6, 6.07) is 4.83. The molecule has 0 saturated heterocycles. The second-order valence-electron chi connectivity index (χ2n) is 5.16. The average molecular weight is 267 g/mol. The Morgan fingerprint density at radius 3 is 2.50 bits per heavy atom. The van der Waals surface area contributed by atoms with Gasteiger partial charge in [-0.25, -0.2) is 13.4 Å². The van der Waals surface area contributed by atoms with E-state index < -0.39 is 20.0 Å². The highest BCUT2D eigenvalue weighted by Crippen LogP contribution is 2.72. The molecule has 0 spiro atoms. The van der Waals surface area contributed by atoms with Gasteiger partial charge in [-0.3, -0.25) is 4.79 Å². The number of sulfone groups is 1. The minimum atomic E-state index is -3.43. The van der Waals surface area contributed by atoms with Gasteiger partial charge in [-0.15, -0.1) is 0 Å². The smallest absolute Gasteiger partial charge is 0.311 e. The van der Waals surface area contributed by atoms with E-state index in [1.54, 1.807) is 12.1 Å². The van der Waals surface area contributed by atoms with Crippen molar-refractivity contribution in [3.8, 4) is 0 Å². The molecule has 0 amide bonds. The Morgan fingerprint density at radius 2 is 2.00 bits per heavy atom. The largest absolute Gasteiger partial charge is 0.469 e. The Morgan fingerprint density at radius 1 is 1.33 bits per heavy atom. The van der Waals surface area contributed by atoms with Crippen LogP contribution in [0.1, 0.15) is 19.3 Å². The normalized spacial score (nSPS) is 33.2. The highest BCUT2D eigenvalue weighted by molar-refractivity contribution is 7.93. The molecule has 6 heteroatoms. The molecular formula is C12H13NO4S. The van der Waals surface area contributed by atoms with Crippen LogP contribution in [0.2, 0.25) is 0 Å². The minimum Gasteiger partial charge on any atom is -0.469 e. The molecular weight excluding hydrogens is 254 g/mol. The summed E-state index contributed by atoms with van der Waals surface area (Å²) < 4.78 is 28.8. The van der Waals surface area contributed by atoms with Crippen molar-refractivity contribution in [2.75, 3.05) is 7.11 Å². The third-order valence-corrected chi connectivity index (χ3v) is 6.45. The molecule has 3 saturated carbocycles. The zero-order chi connectivity index (χ0) is 13.0. The SMILES string of the molecule is COC(=O)C12CC(S(=O)(=O)c3ccccn3)(C1)C2. The molecule has 96 valence electrons. The third kappa shape index (κ3) is 1.19. The van der Waals surface area contributed by atoms with Gasteiger partial charge in [0.1, 0.15) is 0 Å². The van der Waals surface area contributed by atoms with Crippen molar-refractivity contribution < 1.29 is 17.9 Å². The standard InChI is InChI=1S/C12H13NO4S/c1-17-10(14)11-6-12(7-11,8-11)18(15,16)9-4-2-3-5-13-9/h2-5H,6-8H2,1H3. The molecule has 18 heavy (non-hydrogen) atoms. The lowest BCUT2D eigenvalue weighted by molar-refractivity contribution is -0.181. The van der Waals surface area contributed by atoms with Crippen molar-refractivity contribution in [2.24, 2.45) is 5.41 Å². The maximum absolute atomic E-state index is 12.4. The molecule has 0 radical (unpaired) electrons. The van der Waals surface area contributed by atoms with Gasteiger partial charge in [0.15, 0.2) is 5.03 Å². The van der Waals surface area contributed by atoms with Crippen LogP contribution in [0.3, 0.4) is 0 Å². The predicted octanol–water partition coefficient (Wildman–Crippen LogP) is 0.951. The Labute approximate surface area is 105 Å². The first-order valence-electron chi connectivity index (χ1n) is 5.70. The van der Waals surface area contributed by atoms with Gasteiger partial charge in [-0.2, -0.15) is 0 Å². The highest BCUT2D eigenvalue weighted by Gasteiger charge is 2.78. The quantitative estimate of drug-likeness (QED) is 0.762. The molecule has 1 aromatic rings. The van der Waals surface area contributed by atoms with Gasteiger partial charge in [0.25, 0.3) is 0 Å². The van der Waals surface area contributed by atoms with E-state index in [2.05, 4.69) is 4.98 Å². The molecule has 0 aromatic carbocycles. The van der Waals surface area contributed by atoms with E-state index >= 15 is 0 Å². The monoisotopic (exact) mass is 267 g/mol. The second kappa shape index (κ2) is 3.32. The van der Waals surface area contributed by atoms with Crippen molar-refractivity contribution >= 4 is 15.8 Å². The lowest BCUT2D eigenvalue weighted by Gasteiger charge is -2.66. The van der Waals surface area contributed by atoms with Crippen molar-refractivity contribution in [1.29, 1.82) is 0 Å². The van der Waals surface area contributed by atoms with E-state index in [-0.39, 0.29) is 11.0 Å². The first-order valence-corrected chi connectivity index (χ1v) is 7.18. The molecule has 4 rings (SSSR count).